The van der Waals surface area contributed by atoms with Crippen LogP contribution in [-0.2, 0) is 6.54 Å². The van der Waals surface area contributed by atoms with Gasteiger partial charge in [-0.3, -0.25) is 0 Å². The van der Waals surface area contributed by atoms with E-state index in [1.54, 1.807) is 0 Å². The highest BCUT2D eigenvalue weighted by Crippen LogP contribution is 2.17. The van der Waals surface area contributed by atoms with E-state index in [4.69, 9.17) is 17.2 Å². The molecule has 8 heteroatoms. The molecule has 0 aliphatic heterocycles. The number of hydrogen-bond donors (Lipinski definition) is 3. The summed E-state index contributed by atoms with van der Waals surface area (Å²) < 4.78 is 0. The summed E-state index contributed by atoms with van der Waals surface area (Å²) in [5, 5.41) is 2.37. The number of aliphatic imine (C=N–C) groups is 1. The maximum atomic E-state index is 5.33. The van der Waals surface area contributed by atoms with Gasteiger partial charge in [0, 0.05) is 11.9 Å². The summed E-state index contributed by atoms with van der Waals surface area (Å²) in [4.78, 5) is 7.77. The summed E-state index contributed by atoms with van der Waals surface area (Å²) in [5.74, 6) is 0.0166. The van der Waals surface area contributed by atoms with Crippen molar-refractivity contribution >= 4 is 47.2 Å². The van der Waals surface area contributed by atoms with Crippen molar-refractivity contribution in [2.75, 3.05) is 0 Å². The Labute approximate surface area is 92.2 Å². The molecule has 1 aromatic rings. The topological polar surface area (TPSA) is 103 Å². The molecule has 76 valence electrons. The largest absolute Gasteiger partial charge is 0.370 e. The lowest BCUT2D eigenvalue weighted by molar-refractivity contribution is 1.01. The lowest BCUT2D eigenvalue weighted by Crippen LogP contribution is -2.21. The Morgan fingerprint density at radius 1 is 1.46 bits per heavy atom. The van der Waals surface area contributed by atoms with Gasteiger partial charge in [-0.25, -0.2) is 4.98 Å². The molecule has 13 heavy (non-hydrogen) atoms. The maximum absolute atomic E-state index is 5.33. The van der Waals surface area contributed by atoms with Crippen molar-refractivity contribution in [3.63, 3.8) is 0 Å². The third kappa shape index (κ3) is 4.89. The molecule has 0 unspecified atom stereocenters. The fraction of sp³-hybridized carbons (Fsp3) is 0.200. The summed E-state index contributed by atoms with van der Waals surface area (Å²) in [5.41, 5.74) is 16.4. The number of halogens is 2. The van der Waals surface area contributed by atoms with E-state index in [1.165, 1.54) is 11.3 Å². The number of nitrogens with zero attached hydrogens (tertiary/aromatic N) is 2. The molecule has 0 radical (unpaired) electrons. The molecule has 1 rings (SSSR count). The number of aromatic nitrogens is 1. The minimum Gasteiger partial charge on any atom is -0.370 e. The SMILES string of the molecule is Cl.Cl.NCc1csc(N=C(N)N)n1. The van der Waals surface area contributed by atoms with E-state index < -0.39 is 0 Å². The predicted molar refractivity (Wildman–Crippen MR) is 60.0 cm³/mol. The van der Waals surface area contributed by atoms with Crippen LogP contribution in [0, 0.1) is 0 Å². The van der Waals surface area contributed by atoms with Gasteiger partial charge in [-0.2, -0.15) is 4.99 Å². The number of nitrogens with two attached hydrogens (primary N) is 3. The summed E-state index contributed by atoms with van der Waals surface area (Å²) in [6, 6.07) is 0. The van der Waals surface area contributed by atoms with Crippen LogP contribution in [0.25, 0.3) is 0 Å². The second-order valence-electron chi connectivity index (χ2n) is 1.86. The van der Waals surface area contributed by atoms with Crippen molar-refractivity contribution < 1.29 is 0 Å². The predicted octanol–water partition coefficient (Wildman–Crippen LogP) is 0.350. The normalized spacial score (nSPS) is 8.08. The van der Waals surface area contributed by atoms with Gasteiger partial charge in [0.25, 0.3) is 0 Å². The van der Waals surface area contributed by atoms with E-state index in [9.17, 15) is 0 Å². The van der Waals surface area contributed by atoms with Gasteiger partial charge in [0.1, 0.15) is 0 Å². The lowest BCUT2D eigenvalue weighted by Gasteiger charge is -1.86. The highest BCUT2D eigenvalue weighted by molar-refractivity contribution is 7.13. The smallest absolute Gasteiger partial charge is 0.212 e. The van der Waals surface area contributed by atoms with Crippen LogP contribution < -0.4 is 17.2 Å². The van der Waals surface area contributed by atoms with Gasteiger partial charge in [-0.05, 0) is 0 Å². The highest BCUT2D eigenvalue weighted by Gasteiger charge is 1.97. The maximum Gasteiger partial charge on any atom is 0.212 e. The number of hydrogen-bond acceptors (Lipinski definition) is 4. The zero-order valence-corrected chi connectivity index (χ0v) is 9.09. The number of thiazole rings is 1. The van der Waals surface area contributed by atoms with E-state index >= 15 is 0 Å². The molecular formula is C5H11Cl2N5S. The molecular weight excluding hydrogens is 233 g/mol. The van der Waals surface area contributed by atoms with E-state index in [0.717, 1.165) is 5.69 Å². The zero-order valence-electron chi connectivity index (χ0n) is 6.64. The van der Waals surface area contributed by atoms with Crippen LogP contribution in [0.3, 0.4) is 0 Å². The average Bonchev–Trinajstić information content (AvgIpc) is 2.34. The monoisotopic (exact) mass is 243 g/mol. The summed E-state index contributed by atoms with van der Waals surface area (Å²) >= 11 is 1.36. The Hall–Kier alpha value is -0.560. The second kappa shape index (κ2) is 6.90. The van der Waals surface area contributed by atoms with Gasteiger partial charge in [0.05, 0.1) is 5.69 Å². The number of rotatable bonds is 2. The van der Waals surface area contributed by atoms with Crippen molar-refractivity contribution in [3.8, 4) is 0 Å². The van der Waals surface area contributed by atoms with Crippen LogP contribution in [0.2, 0.25) is 0 Å². The summed E-state index contributed by atoms with van der Waals surface area (Å²) in [7, 11) is 0. The Morgan fingerprint density at radius 3 is 2.46 bits per heavy atom. The average molecular weight is 244 g/mol. The van der Waals surface area contributed by atoms with Crippen molar-refractivity contribution in [3.05, 3.63) is 11.1 Å². The fourth-order valence-electron chi connectivity index (χ4n) is 0.552. The highest BCUT2D eigenvalue weighted by atomic mass is 35.5. The standard InChI is InChI=1S/C5H9N5S.2ClH/c6-1-3-2-11-5(9-3)10-4(7)8;;/h2H,1,6H2,(H4,7,8,9,10);2*1H. The molecule has 0 aliphatic rings. The third-order valence-corrected chi connectivity index (χ3v) is 1.76. The Morgan fingerprint density at radius 2 is 2.08 bits per heavy atom. The van der Waals surface area contributed by atoms with Crippen LogP contribution in [-0.4, -0.2) is 10.9 Å². The number of guanidine groups is 1. The first-order valence-electron chi connectivity index (χ1n) is 2.96. The van der Waals surface area contributed by atoms with Crippen molar-refractivity contribution in [1.29, 1.82) is 0 Å². The zero-order chi connectivity index (χ0) is 8.27. The molecule has 0 fully saturated rings. The minimum absolute atomic E-state index is 0. The fourth-order valence-corrected chi connectivity index (χ4v) is 1.27. The molecule has 0 amide bonds. The van der Waals surface area contributed by atoms with E-state index in [-0.39, 0.29) is 30.8 Å². The van der Waals surface area contributed by atoms with Crippen LogP contribution in [0.15, 0.2) is 10.4 Å². The molecule has 1 aromatic heterocycles. The first-order valence-corrected chi connectivity index (χ1v) is 3.84. The molecule has 0 aromatic carbocycles. The first-order chi connectivity index (χ1) is 5.22. The van der Waals surface area contributed by atoms with Crippen molar-refractivity contribution in [2.24, 2.45) is 22.2 Å². The quantitative estimate of drug-likeness (QED) is 0.515. The molecule has 0 saturated carbocycles. The molecule has 0 atom stereocenters. The minimum atomic E-state index is 0. The van der Waals surface area contributed by atoms with E-state index in [0.29, 0.717) is 11.7 Å². The van der Waals surface area contributed by atoms with Gasteiger partial charge < -0.3 is 17.2 Å². The third-order valence-electron chi connectivity index (χ3n) is 0.974. The Kier molecular flexibility index (Phi) is 7.93. The summed E-state index contributed by atoms with van der Waals surface area (Å²) in [6.07, 6.45) is 0. The Balaban J connectivity index is 0. The first kappa shape index (κ1) is 14.9. The van der Waals surface area contributed by atoms with Crippen LogP contribution in [0.5, 0.6) is 0 Å². The summed E-state index contributed by atoms with van der Waals surface area (Å²) in [6.45, 7) is 0.413. The van der Waals surface area contributed by atoms with Gasteiger partial charge in [-0.1, -0.05) is 0 Å². The molecule has 0 saturated heterocycles. The van der Waals surface area contributed by atoms with E-state index in [2.05, 4.69) is 9.98 Å². The van der Waals surface area contributed by atoms with Gasteiger partial charge >= 0.3 is 0 Å². The van der Waals surface area contributed by atoms with Gasteiger partial charge in [0.2, 0.25) is 5.13 Å². The molecule has 0 bridgehead atoms. The van der Waals surface area contributed by atoms with Crippen molar-refractivity contribution in [2.45, 2.75) is 6.54 Å². The second-order valence-corrected chi connectivity index (χ2v) is 2.70. The van der Waals surface area contributed by atoms with Crippen molar-refractivity contribution in [1.82, 2.24) is 4.98 Å². The van der Waals surface area contributed by atoms with Crippen LogP contribution in [0.1, 0.15) is 5.69 Å². The lowest BCUT2D eigenvalue weighted by atomic mass is 10.5. The molecule has 0 spiro atoms. The molecule has 1 heterocycles. The van der Waals surface area contributed by atoms with Crippen LogP contribution >= 0.6 is 36.2 Å². The van der Waals surface area contributed by atoms with Crippen LogP contribution in [0.4, 0.5) is 5.13 Å². The Bertz CT molecular complexity index is 270. The molecule has 5 nitrogen and oxygen atoms in total. The van der Waals surface area contributed by atoms with E-state index in [1.807, 2.05) is 5.38 Å². The van der Waals surface area contributed by atoms with Gasteiger partial charge in [-0.15, -0.1) is 36.2 Å². The molecule has 6 N–H and O–H groups in total. The molecule has 0 aliphatic carbocycles. The van der Waals surface area contributed by atoms with Gasteiger partial charge in [0.15, 0.2) is 5.96 Å².